The highest BCUT2D eigenvalue weighted by molar-refractivity contribution is 7.09. The Morgan fingerprint density at radius 3 is 2.75 bits per heavy atom. The van der Waals surface area contributed by atoms with E-state index in [0.29, 0.717) is 18.1 Å². The van der Waals surface area contributed by atoms with E-state index in [9.17, 15) is 4.79 Å². The Labute approximate surface area is 146 Å². The first-order valence-electron chi connectivity index (χ1n) is 7.58. The lowest BCUT2D eigenvalue weighted by Gasteiger charge is -2.16. The van der Waals surface area contributed by atoms with Crippen LogP contribution in [-0.2, 0) is 4.74 Å². The molecular weight excluding hydrogens is 324 g/mol. The summed E-state index contributed by atoms with van der Waals surface area (Å²) < 4.78 is 10.8. The molecule has 0 fully saturated rings. The largest absolute Gasteiger partial charge is 0.481 e. The number of carbonyl (C=O) groups is 1. The van der Waals surface area contributed by atoms with Crippen LogP contribution >= 0.6 is 11.3 Å². The molecule has 0 saturated heterocycles. The van der Waals surface area contributed by atoms with Gasteiger partial charge in [-0.25, -0.2) is 4.98 Å². The molecule has 0 saturated carbocycles. The maximum absolute atomic E-state index is 12.6. The predicted octanol–water partition coefficient (Wildman–Crippen LogP) is 3.53. The van der Waals surface area contributed by atoms with Gasteiger partial charge in [0.15, 0.2) is 0 Å². The van der Waals surface area contributed by atoms with Crippen LogP contribution in [0.3, 0.4) is 0 Å². The Hall–Kier alpha value is -2.36. The quantitative estimate of drug-likeness (QED) is 0.721. The van der Waals surface area contributed by atoms with Crippen molar-refractivity contribution in [3.8, 4) is 18.1 Å². The smallest absolute Gasteiger partial charge is 0.277 e. The van der Waals surface area contributed by atoms with Crippen LogP contribution in [0.15, 0.2) is 29.6 Å². The van der Waals surface area contributed by atoms with E-state index in [2.05, 4.69) is 10.9 Å². The Morgan fingerprint density at radius 2 is 2.12 bits per heavy atom. The van der Waals surface area contributed by atoms with Crippen LogP contribution in [0.25, 0.3) is 0 Å². The second kappa shape index (κ2) is 8.48. The summed E-state index contributed by atoms with van der Waals surface area (Å²) in [5, 5.41) is 2.56. The first-order chi connectivity index (χ1) is 11.6. The van der Waals surface area contributed by atoms with Gasteiger partial charge in [-0.05, 0) is 38.1 Å². The summed E-state index contributed by atoms with van der Waals surface area (Å²) in [6.07, 6.45) is 5.05. The second-order valence-electron chi connectivity index (χ2n) is 5.02. The number of benzene rings is 1. The number of anilines is 1. The third-order valence-corrected chi connectivity index (χ3v) is 4.36. The molecule has 1 aromatic heterocycles. The number of carbonyl (C=O) groups excluding carboxylic acids is 1. The normalized spacial score (nSPS) is 11.6. The van der Waals surface area contributed by atoms with Gasteiger partial charge < -0.3 is 14.4 Å². The van der Waals surface area contributed by atoms with Gasteiger partial charge >= 0.3 is 0 Å². The Morgan fingerprint density at radius 1 is 1.42 bits per heavy atom. The number of nitrogens with zero attached hydrogens (tertiary/aromatic N) is 2. The minimum absolute atomic E-state index is 0.112. The maximum Gasteiger partial charge on any atom is 0.277 e. The molecule has 2 aromatic rings. The molecule has 1 unspecified atom stereocenters. The van der Waals surface area contributed by atoms with Crippen molar-refractivity contribution in [3.63, 3.8) is 0 Å². The van der Waals surface area contributed by atoms with Crippen molar-refractivity contribution in [1.82, 2.24) is 4.98 Å². The number of ether oxygens (including phenoxy) is 2. The number of thiazole rings is 1. The lowest BCUT2D eigenvalue weighted by Crippen LogP contribution is -2.26. The van der Waals surface area contributed by atoms with E-state index in [-0.39, 0.29) is 18.6 Å². The third-order valence-electron chi connectivity index (χ3n) is 3.36. The first kappa shape index (κ1) is 18.0. The van der Waals surface area contributed by atoms with Crippen molar-refractivity contribution >= 4 is 22.9 Å². The van der Waals surface area contributed by atoms with Gasteiger partial charge in [0, 0.05) is 24.7 Å². The molecule has 24 heavy (non-hydrogen) atoms. The van der Waals surface area contributed by atoms with Gasteiger partial charge in [0.25, 0.3) is 5.91 Å². The third kappa shape index (κ3) is 4.34. The molecule has 1 heterocycles. The van der Waals surface area contributed by atoms with Crippen LogP contribution in [0.2, 0.25) is 0 Å². The fraction of sp³-hybridized carbons (Fsp3) is 0.333. The van der Waals surface area contributed by atoms with Gasteiger partial charge in [0.05, 0.1) is 0 Å². The van der Waals surface area contributed by atoms with Gasteiger partial charge in [-0.2, -0.15) is 0 Å². The molecule has 6 heteroatoms. The van der Waals surface area contributed by atoms with E-state index in [1.807, 2.05) is 13.8 Å². The van der Waals surface area contributed by atoms with Crippen LogP contribution in [-0.4, -0.2) is 31.2 Å². The summed E-state index contributed by atoms with van der Waals surface area (Å²) >= 11 is 1.43. The molecule has 0 aliphatic carbocycles. The molecule has 1 atom stereocenters. The molecule has 1 amide bonds. The van der Waals surface area contributed by atoms with E-state index in [1.54, 1.807) is 41.6 Å². The predicted molar refractivity (Wildman–Crippen MR) is 95.7 cm³/mol. The van der Waals surface area contributed by atoms with Gasteiger partial charge in [-0.15, -0.1) is 17.8 Å². The highest BCUT2D eigenvalue weighted by Gasteiger charge is 2.19. The molecule has 0 bridgehead atoms. The first-order valence-corrected chi connectivity index (χ1v) is 8.46. The molecule has 0 spiro atoms. The molecule has 0 aliphatic heterocycles. The minimum atomic E-state index is -0.168. The summed E-state index contributed by atoms with van der Waals surface area (Å²) in [4.78, 5) is 18.5. The molecule has 0 N–H and O–H groups in total. The number of terminal acetylenes is 1. The molecule has 1 aromatic carbocycles. The van der Waals surface area contributed by atoms with Crippen LogP contribution in [0.4, 0.5) is 5.69 Å². The lowest BCUT2D eigenvalue weighted by atomic mass is 10.2. The van der Waals surface area contributed by atoms with Gasteiger partial charge in [0.1, 0.15) is 29.2 Å². The van der Waals surface area contributed by atoms with E-state index in [0.717, 1.165) is 10.7 Å². The molecule has 0 aliphatic rings. The average Bonchev–Trinajstić information content (AvgIpc) is 3.09. The lowest BCUT2D eigenvalue weighted by molar-refractivity contribution is 0.0760. The highest BCUT2D eigenvalue weighted by Crippen LogP contribution is 2.24. The molecular formula is C18H20N2O3S. The number of aromatic nitrogens is 1. The Bertz CT molecular complexity index is 719. The molecule has 0 radical (unpaired) electrons. The van der Waals surface area contributed by atoms with Crippen LogP contribution < -0.4 is 9.64 Å². The standard InChI is InChI=1S/C18H20N2O3S/c1-5-11-23-15-9-7-14(8-10-15)20(4)18(21)16-12-24-17(19-16)13(3)22-6-2/h1,7-10,12-13H,6,11H2,2-4H3. The average molecular weight is 344 g/mol. The molecule has 126 valence electrons. The monoisotopic (exact) mass is 344 g/mol. The number of hydrogen-bond acceptors (Lipinski definition) is 5. The van der Waals surface area contributed by atoms with Crippen LogP contribution in [0.1, 0.15) is 35.4 Å². The Kier molecular flexibility index (Phi) is 6.36. The van der Waals surface area contributed by atoms with Gasteiger partial charge in [0.2, 0.25) is 0 Å². The van der Waals surface area contributed by atoms with E-state index >= 15 is 0 Å². The Balaban J connectivity index is 2.07. The van der Waals surface area contributed by atoms with Crippen molar-refractivity contribution < 1.29 is 14.3 Å². The highest BCUT2D eigenvalue weighted by atomic mass is 32.1. The second-order valence-corrected chi connectivity index (χ2v) is 5.91. The van der Waals surface area contributed by atoms with E-state index in [4.69, 9.17) is 15.9 Å². The van der Waals surface area contributed by atoms with E-state index < -0.39 is 0 Å². The topological polar surface area (TPSA) is 51.7 Å². The van der Waals surface area contributed by atoms with Gasteiger partial charge in [-0.1, -0.05) is 5.92 Å². The summed E-state index contributed by atoms with van der Waals surface area (Å²) in [6, 6.07) is 7.17. The zero-order valence-electron chi connectivity index (χ0n) is 14.0. The minimum Gasteiger partial charge on any atom is -0.481 e. The fourth-order valence-electron chi connectivity index (χ4n) is 2.07. The van der Waals surface area contributed by atoms with Crippen molar-refractivity contribution in [3.05, 3.63) is 40.3 Å². The zero-order valence-corrected chi connectivity index (χ0v) is 14.8. The zero-order chi connectivity index (χ0) is 17.5. The fourth-order valence-corrected chi connectivity index (χ4v) is 2.87. The SMILES string of the molecule is C#CCOc1ccc(N(C)C(=O)c2csc(C(C)OCC)n2)cc1. The van der Waals surface area contributed by atoms with Crippen LogP contribution in [0, 0.1) is 12.3 Å². The molecule has 2 rings (SSSR count). The van der Waals surface area contributed by atoms with Crippen molar-refractivity contribution in [1.29, 1.82) is 0 Å². The number of hydrogen-bond donors (Lipinski definition) is 0. The van der Waals surface area contributed by atoms with Crippen LogP contribution in [0.5, 0.6) is 5.75 Å². The van der Waals surface area contributed by atoms with Gasteiger partial charge in [-0.3, -0.25) is 4.79 Å². The number of rotatable bonds is 7. The summed E-state index contributed by atoms with van der Waals surface area (Å²) in [7, 11) is 1.71. The molecule has 5 nitrogen and oxygen atoms in total. The summed E-state index contributed by atoms with van der Waals surface area (Å²) in [5.41, 5.74) is 1.16. The van der Waals surface area contributed by atoms with Crippen molar-refractivity contribution in [2.75, 3.05) is 25.2 Å². The number of amides is 1. The maximum atomic E-state index is 12.6. The van der Waals surface area contributed by atoms with Crippen molar-refractivity contribution in [2.24, 2.45) is 0 Å². The van der Waals surface area contributed by atoms with Crippen molar-refractivity contribution in [2.45, 2.75) is 20.0 Å². The van der Waals surface area contributed by atoms with E-state index in [1.165, 1.54) is 11.3 Å². The summed E-state index contributed by atoms with van der Waals surface area (Å²) in [5.74, 6) is 2.91. The summed E-state index contributed by atoms with van der Waals surface area (Å²) in [6.45, 7) is 4.68.